The van der Waals surface area contributed by atoms with Crippen LogP contribution in [0.3, 0.4) is 0 Å². The summed E-state index contributed by atoms with van der Waals surface area (Å²) in [6.07, 6.45) is -1.27. The molecule has 3 aromatic rings. The Balaban J connectivity index is 1.57. The van der Waals surface area contributed by atoms with Gasteiger partial charge in [-0.3, -0.25) is 4.79 Å². The van der Waals surface area contributed by atoms with Crippen molar-refractivity contribution < 1.29 is 33.3 Å². The van der Waals surface area contributed by atoms with Crippen LogP contribution in [-0.4, -0.2) is 31.2 Å². The van der Waals surface area contributed by atoms with E-state index in [0.29, 0.717) is 5.75 Å². The summed E-state index contributed by atoms with van der Waals surface area (Å²) in [5, 5.41) is 2.41. The molecule has 0 unspecified atom stereocenters. The van der Waals surface area contributed by atoms with Gasteiger partial charge in [-0.05, 0) is 28.8 Å². The van der Waals surface area contributed by atoms with Crippen molar-refractivity contribution in [3.63, 3.8) is 0 Å². The summed E-state index contributed by atoms with van der Waals surface area (Å²) in [4.78, 5) is 37.5. The van der Waals surface area contributed by atoms with Crippen molar-refractivity contribution in [1.82, 2.24) is 5.32 Å². The minimum atomic E-state index is -1.27. The van der Waals surface area contributed by atoms with Crippen molar-refractivity contribution in [2.45, 2.75) is 32.3 Å². The number of carbonyl (C=O) groups is 3. The third kappa shape index (κ3) is 8.85. The molecule has 182 valence electrons. The lowest BCUT2D eigenvalue weighted by atomic mass is 10.2. The first kappa shape index (κ1) is 25.3. The van der Waals surface area contributed by atoms with E-state index in [9.17, 15) is 14.4 Å². The van der Waals surface area contributed by atoms with Gasteiger partial charge >= 0.3 is 18.0 Å². The Morgan fingerprint density at radius 3 is 1.77 bits per heavy atom. The van der Waals surface area contributed by atoms with Gasteiger partial charge in [-0.25, -0.2) is 9.59 Å². The van der Waals surface area contributed by atoms with Gasteiger partial charge in [0.2, 0.25) is 0 Å². The predicted octanol–water partition coefficient (Wildman–Crippen LogP) is 4.17. The van der Waals surface area contributed by atoms with E-state index in [0.717, 1.165) is 16.7 Å². The van der Waals surface area contributed by atoms with Crippen molar-refractivity contribution >= 4 is 18.0 Å². The monoisotopic (exact) mass is 477 g/mol. The highest BCUT2D eigenvalue weighted by Crippen LogP contribution is 2.12. The lowest BCUT2D eigenvalue weighted by Crippen LogP contribution is -2.43. The molecule has 1 atom stereocenters. The molecule has 35 heavy (non-hydrogen) atoms. The van der Waals surface area contributed by atoms with Crippen LogP contribution in [0.5, 0.6) is 5.75 Å². The molecule has 8 heteroatoms. The van der Waals surface area contributed by atoms with E-state index in [1.807, 2.05) is 48.5 Å². The van der Waals surface area contributed by atoms with Gasteiger partial charge in [0.05, 0.1) is 13.5 Å². The van der Waals surface area contributed by atoms with Crippen molar-refractivity contribution in [1.29, 1.82) is 0 Å². The van der Waals surface area contributed by atoms with Crippen molar-refractivity contribution in [3.8, 4) is 5.75 Å². The number of benzene rings is 3. The minimum Gasteiger partial charge on any atom is -0.497 e. The van der Waals surface area contributed by atoms with Gasteiger partial charge in [0, 0.05) is 0 Å². The molecular weight excluding hydrogens is 450 g/mol. The zero-order valence-electron chi connectivity index (χ0n) is 19.3. The van der Waals surface area contributed by atoms with Crippen LogP contribution in [-0.2, 0) is 43.6 Å². The van der Waals surface area contributed by atoms with Gasteiger partial charge in [-0.2, -0.15) is 0 Å². The van der Waals surface area contributed by atoms with Crippen LogP contribution in [0.1, 0.15) is 23.1 Å². The second-order valence-electron chi connectivity index (χ2n) is 7.56. The number of alkyl carbamates (subject to hydrolysis) is 1. The summed E-state index contributed by atoms with van der Waals surface area (Å²) < 4.78 is 20.9. The van der Waals surface area contributed by atoms with Gasteiger partial charge in [-0.15, -0.1) is 0 Å². The molecular formula is C27H27NO7. The number of rotatable bonds is 11. The molecule has 3 rings (SSSR count). The number of nitrogens with one attached hydrogen (secondary N) is 1. The lowest BCUT2D eigenvalue weighted by molar-refractivity contribution is -0.154. The third-order valence-electron chi connectivity index (χ3n) is 4.94. The standard InChI is InChI=1S/C27H27NO7/c1-32-23-14-12-22(13-15-23)19-35-27(31)28-24(26(30)34-18-21-10-6-3-7-11-21)16-25(29)33-17-20-8-4-2-5-9-20/h2-15,24H,16-19H2,1H3,(H,28,31)/t24-/m0/s1. The SMILES string of the molecule is COc1ccc(COC(=O)N[C@@H](CC(=O)OCc2ccccc2)C(=O)OCc2ccccc2)cc1. The molecule has 0 spiro atoms. The third-order valence-corrected chi connectivity index (χ3v) is 4.94. The molecule has 3 aromatic carbocycles. The van der Waals surface area contributed by atoms with Crippen LogP contribution < -0.4 is 10.1 Å². The van der Waals surface area contributed by atoms with E-state index in [1.54, 1.807) is 43.5 Å². The Morgan fingerprint density at radius 2 is 1.20 bits per heavy atom. The molecule has 0 aliphatic carbocycles. The first-order valence-corrected chi connectivity index (χ1v) is 11.0. The summed E-state index contributed by atoms with van der Waals surface area (Å²) >= 11 is 0. The summed E-state index contributed by atoms with van der Waals surface area (Å²) in [7, 11) is 1.56. The Kier molecular flexibility index (Phi) is 9.68. The van der Waals surface area contributed by atoms with Crippen LogP contribution >= 0.6 is 0 Å². The van der Waals surface area contributed by atoms with Gasteiger partial charge in [0.25, 0.3) is 0 Å². The van der Waals surface area contributed by atoms with Gasteiger partial charge in [0.1, 0.15) is 31.6 Å². The zero-order chi connectivity index (χ0) is 24.9. The van der Waals surface area contributed by atoms with Gasteiger partial charge < -0.3 is 24.3 Å². The molecule has 8 nitrogen and oxygen atoms in total. The molecule has 0 saturated heterocycles. The van der Waals surface area contributed by atoms with Gasteiger partial charge in [0.15, 0.2) is 0 Å². The number of carbonyl (C=O) groups excluding carboxylic acids is 3. The van der Waals surface area contributed by atoms with E-state index < -0.39 is 30.5 Å². The maximum absolute atomic E-state index is 12.7. The number of amides is 1. The number of hydrogen-bond donors (Lipinski definition) is 1. The van der Waals surface area contributed by atoms with Crippen LogP contribution in [0.25, 0.3) is 0 Å². The van der Waals surface area contributed by atoms with Crippen LogP contribution in [0.15, 0.2) is 84.9 Å². The first-order chi connectivity index (χ1) is 17.0. The fourth-order valence-electron chi connectivity index (χ4n) is 3.04. The van der Waals surface area contributed by atoms with Crippen molar-refractivity contribution in [2.75, 3.05) is 7.11 Å². The first-order valence-electron chi connectivity index (χ1n) is 11.0. The summed E-state index contributed by atoms with van der Waals surface area (Å²) in [6.45, 7) is 0.0191. The number of methoxy groups -OCH3 is 1. The van der Waals surface area contributed by atoms with Crippen LogP contribution in [0.2, 0.25) is 0 Å². The van der Waals surface area contributed by atoms with E-state index in [1.165, 1.54) is 0 Å². The van der Waals surface area contributed by atoms with Crippen molar-refractivity contribution in [2.24, 2.45) is 0 Å². The van der Waals surface area contributed by atoms with Gasteiger partial charge in [-0.1, -0.05) is 72.8 Å². The second kappa shape index (κ2) is 13.4. The Hall–Kier alpha value is -4.33. The highest BCUT2D eigenvalue weighted by Gasteiger charge is 2.27. The molecule has 0 heterocycles. The molecule has 0 bridgehead atoms. The second-order valence-corrected chi connectivity index (χ2v) is 7.56. The fraction of sp³-hybridized carbons (Fsp3) is 0.222. The molecule has 0 fully saturated rings. The normalized spacial score (nSPS) is 11.1. The van der Waals surface area contributed by atoms with E-state index in [2.05, 4.69) is 5.32 Å². The summed E-state index contributed by atoms with van der Waals surface area (Å²) in [5.74, 6) is -0.758. The van der Waals surface area contributed by atoms with Crippen LogP contribution in [0, 0.1) is 0 Å². The minimum absolute atomic E-state index is 0.00217. The average molecular weight is 478 g/mol. The smallest absolute Gasteiger partial charge is 0.408 e. The van der Waals surface area contributed by atoms with Crippen LogP contribution in [0.4, 0.5) is 4.79 Å². The average Bonchev–Trinajstić information content (AvgIpc) is 2.90. The lowest BCUT2D eigenvalue weighted by Gasteiger charge is -2.17. The maximum Gasteiger partial charge on any atom is 0.408 e. The van der Waals surface area contributed by atoms with E-state index >= 15 is 0 Å². The molecule has 1 N–H and O–H groups in total. The Morgan fingerprint density at radius 1 is 0.686 bits per heavy atom. The maximum atomic E-state index is 12.7. The summed E-state index contributed by atoms with van der Waals surface area (Å²) in [5.41, 5.74) is 2.30. The molecule has 0 radical (unpaired) electrons. The number of hydrogen-bond acceptors (Lipinski definition) is 7. The quantitative estimate of drug-likeness (QED) is 0.327. The highest BCUT2D eigenvalue weighted by atomic mass is 16.6. The molecule has 0 saturated carbocycles. The van der Waals surface area contributed by atoms with E-state index in [-0.39, 0.29) is 19.8 Å². The number of esters is 2. The Bertz CT molecular complexity index is 1090. The number of ether oxygens (including phenoxy) is 4. The molecule has 0 aliphatic rings. The van der Waals surface area contributed by atoms with E-state index in [4.69, 9.17) is 18.9 Å². The Labute approximate surface area is 203 Å². The molecule has 0 aromatic heterocycles. The zero-order valence-corrected chi connectivity index (χ0v) is 19.3. The fourth-order valence-corrected chi connectivity index (χ4v) is 3.04. The molecule has 1 amide bonds. The topological polar surface area (TPSA) is 100 Å². The largest absolute Gasteiger partial charge is 0.497 e. The predicted molar refractivity (Wildman–Crippen MR) is 127 cm³/mol. The highest BCUT2D eigenvalue weighted by molar-refractivity contribution is 5.86. The van der Waals surface area contributed by atoms with Crippen molar-refractivity contribution in [3.05, 3.63) is 102 Å². The summed E-state index contributed by atoms with van der Waals surface area (Å²) in [6, 6.07) is 23.9. The molecule has 0 aliphatic heterocycles.